The lowest BCUT2D eigenvalue weighted by molar-refractivity contribution is -0.133. The molecule has 1 aliphatic rings. The van der Waals surface area contributed by atoms with E-state index in [-0.39, 0.29) is 12.6 Å². The molecule has 1 saturated heterocycles. The summed E-state index contributed by atoms with van der Waals surface area (Å²) in [5.74, 6) is -0.556. The summed E-state index contributed by atoms with van der Waals surface area (Å²) in [6, 6.07) is 17.4. The number of ether oxygens (including phenoxy) is 1. The largest absolute Gasteiger partial charge is 0.367 e. The third-order valence-corrected chi connectivity index (χ3v) is 3.91. The molecule has 124 valence electrons. The SMILES string of the molecule is NC(=O)C1CN(C(=O)Nc2ccc(-c3ccccc3)cc2)CCO1. The molecule has 0 aromatic heterocycles. The lowest BCUT2D eigenvalue weighted by Crippen LogP contribution is -2.51. The van der Waals surface area contributed by atoms with Crippen LogP contribution in [0.5, 0.6) is 0 Å². The molecule has 0 aliphatic carbocycles. The van der Waals surface area contributed by atoms with Crippen LogP contribution in [0.25, 0.3) is 11.1 Å². The van der Waals surface area contributed by atoms with Crippen molar-refractivity contribution in [2.75, 3.05) is 25.0 Å². The zero-order chi connectivity index (χ0) is 16.9. The van der Waals surface area contributed by atoms with E-state index in [2.05, 4.69) is 5.32 Å². The normalized spacial score (nSPS) is 17.3. The fourth-order valence-corrected chi connectivity index (χ4v) is 2.59. The van der Waals surface area contributed by atoms with Gasteiger partial charge < -0.3 is 20.7 Å². The monoisotopic (exact) mass is 325 g/mol. The quantitative estimate of drug-likeness (QED) is 0.906. The second-order valence-corrected chi connectivity index (χ2v) is 5.58. The van der Waals surface area contributed by atoms with Crippen LogP contribution in [0.1, 0.15) is 0 Å². The van der Waals surface area contributed by atoms with E-state index in [9.17, 15) is 9.59 Å². The Morgan fingerprint density at radius 1 is 1.04 bits per heavy atom. The molecule has 1 heterocycles. The van der Waals surface area contributed by atoms with Crippen LogP contribution >= 0.6 is 0 Å². The van der Waals surface area contributed by atoms with Crippen molar-refractivity contribution in [3.63, 3.8) is 0 Å². The Morgan fingerprint density at radius 3 is 2.38 bits per heavy atom. The topological polar surface area (TPSA) is 84.7 Å². The summed E-state index contributed by atoms with van der Waals surface area (Å²) in [7, 11) is 0. The molecule has 0 spiro atoms. The van der Waals surface area contributed by atoms with E-state index in [1.54, 1.807) is 0 Å². The van der Waals surface area contributed by atoms with Gasteiger partial charge in [0.1, 0.15) is 0 Å². The molecule has 3 amide bonds. The third-order valence-electron chi connectivity index (χ3n) is 3.91. The van der Waals surface area contributed by atoms with E-state index in [0.717, 1.165) is 11.1 Å². The van der Waals surface area contributed by atoms with Crippen LogP contribution in [0.15, 0.2) is 54.6 Å². The second kappa shape index (κ2) is 7.14. The Hall–Kier alpha value is -2.86. The van der Waals surface area contributed by atoms with Crippen LogP contribution < -0.4 is 11.1 Å². The molecule has 2 aromatic carbocycles. The van der Waals surface area contributed by atoms with Gasteiger partial charge in [-0.25, -0.2) is 4.79 Å². The number of rotatable bonds is 3. The summed E-state index contributed by atoms with van der Waals surface area (Å²) in [5, 5.41) is 2.83. The molecule has 0 radical (unpaired) electrons. The Morgan fingerprint density at radius 2 is 1.71 bits per heavy atom. The van der Waals surface area contributed by atoms with E-state index in [4.69, 9.17) is 10.5 Å². The number of benzene rings is 2. The van der Waals surface area contributed by atoms with E-state index in [0.29, 0.717) is 18.8 Å². The number of morpholine rings is 1. The van der Waals surface area contributed by atoms with Crippen molar-refractivity contribution in [2.24, 2.45) is 5.73 Å². The first-order chi connectivity index (χ1) is 11.6. The van der Waals surface area contributed by atoms with Crippen molar-refractivity contribution in [3.05, 3.63) is 54.6 Å². The third kappa shape index (κ3) is 3.72. The Balaban J connectivity index is 1.63. The summed E-state index contributed by atoms with van der Waals surface area (Å²) in [5.41, 5.74) is 8.12. The lowest BCUT2D eigenvalue weighted by Gasteiger charge is -2.31. The molecule has 1 unspecified atom stereocenters. The van der Waals surface area contributed by atoms with E-state index in [1.807, 2.05) is 54.6 Å². The molecule has 0 saturated carbocycles. The number of nitrogens with two attached hydrogens (primary N) is 1. The minimum Gasteiger partial charge on any atom is -0.367 e. The number of carbonyl (C=O) groups excluding carboxylic acids is 2. The van der Waals surface area contributed by atoms with Gasteiger partial charge in [-0.15, -0.1) is 0 Å². The summed E-state index contributed by atoms with van der Waals surface area (Å²) in [4.78, 5) is 25.0. The van der Waals surface area contributed by atoms with Gasteiger partial charge in [-0.05, 0) is 23.3 Å². The molecule has 6 nitrogen and oxygen atoms in total. The number of carbonyl (C=O) groups is 2. The summed E-state index contributed by atoms with van der Waals surface area (Å²) in [6.45, 7) is 0.898. The van der Waals surface area contributed by atoms with Gasteiger partial charge in [0.2, 0.25) is 5.91 Å². The highest BCUT2D eigenvalue weighted by atomic mass is 16.5. The van der Waals surface area contributed by atoms with Gasteiger partial charge >= 0.3 is 6.03 Å². The molecular weight excluding hydrogens is 306 g/mol. The standard InChI is InChI=1S/C18H19N3O3/c19-17(22)16-12-21(10-11-24-16)18(23)20-15-8-6-14(7-9-15)13-4-2-1-3-5-13/h1-9,16H,10-12H2,(H2,19,22)(H,20,23). The molecule has 1 fully saturated rings. The van der Waals surface area contributed by atoms with Crippen molar-refractivity contribution in [1.82, 2.24) is 4.90 Å². The average molecular weight is 325 g/mol. The maximum absolute atomic E-state index is 12.3. The van der Waals surface area contributed by atoms with E-state index >= 15 is 0 Å². The number of nitrogens with one attached hydrogen (secondary N) is 1. The number of anilines is 1. The first-order valence-corrected chi connectivity index (χ1v) is 7.76. The van der Waals surface area contributed by atoms with Crippen LogP contribution in [0, 0.1) is 0 Å². The molecule has 1 aliphatic heterocycles. The molecule has 6 heteroatoms. The average Bonchev–Trinajstić information content (AvgIpc) is 2.63. The molecule has 0 bridgehead atoms. The van der Waals surface area contributed by atoms with Crippen LogP contribution in [-0.4, -0.2) is 42.6 Å². The van der Waals surface area contributed by atoms with Crippen LogP contribution in [0.4, 0.5) is 10.5 Å². The van der Waals surface area contributed by atoms with Crippen molar-refractivity contribution < 1.29 is 14.3 Å². The fraction of sp³-hybridized carbons (Fsp3) is 0.222. The van der Waals surface area contributed by atoms with Crippen LogP contribution in [0.3, 0.4) is 0 Å². The molecular formula is C18H19N3O3. The summed E-state index contributed by atoms with van der Waals surface area (Å²) >= 11 is 0. The van der Waals surface area contributed by atoms with Gasteiger partial charge in [0.15, 0.2) is 6.10 Å². The van der Waals surface area contributed by atoms with E-state index < -0.39 is 12.0 Å². The van der Waals surface area contributed by atoms with Crippen molar-refractivity contribution in [3.8, 4) is 11.1 Å². The maximum atomic E-state index is 12.3. The van der Waals surface area contributed by atoms with Crippen molar-refractivity contribution in [1.29, 1.82) is 0 Å². The zero-order valence-electron chi connectivity index (χ0n) is 13.1. The predicted molar refractivity (Wildman–Crippen MR) is 91.4 cm³/mol. The molecule has 1 atom stereocenters. The smallest absolute Gasteiger partial charge is 0.322 e. The van der Waals surface area contributed by atoms with Gasteiger partial charge in [0, 0.05) is 12.2 Å². The number of hydrogen-bond donors (Lipinski definition) is 2. The van der Waals surface area contributed by atoms with Gasteiger partial charge in [-0.1, -0.05) is 42.5 Å². The maximum Gasteiger partial charge on any atom is 0.322 e. The van der Waals surface area contributed by atoms with Gasteiger partial charge in [-0.3, -0.25) is 4.79 Å². The van der Waals surface area contributed by atoms with E-state index in [1.165, 1.54) is 4.90 Å². The fourth-order valence-electron chi connectivity index (χ4n) is 2.59. The molecule has 3 N–H and O–H groups in total. The number of primary amides is 1. The second-order valence-electron chi connectivity index (χ2n) is 5.58. The molecule has 3 rings (SSSR count). The number of hydrogen-bond acceptors (Lipinski definition) is 3. The number of amides is 3. The minimum absolute atomic E-state index is 0.170. The molecule has 2 aromatic rings. The highest BCUT2D eigenvalue weighted by molar-refractivity contribution is 5.90. The first-order valence-electron chi connectivity index (χ1n) is 7.76. The van der Waals surface area contributed by atoms with Gasteiger partial charge in [0.25, 0.3) is 0 Å². The highest BCUT2D eigenvalue weighted by Gasteiger charge is 2.27. The van der Waals surface area contributed by atoms with Gasteiger partial charge in [0.05, 0.1) is 13.2 Å². The summed E-state index contributed by atoms with van der Waals surface area (Å²) in [6.07, 6.45) is -0.745. The summed E-state index contributed by atoms with van der Waals surface area (Å²) < 4.78 is 5.24. The van der Waals surface area contributed by atoms with Crippen LogP contribution in [0.2, 0.25) is 0 Å². The Labute approximate surface area is 140 Å². The highest BCUT2D eigenvalue weighted by Crippen LogP contribution is 2.21. The lowest BCUT2D eigenvalue weighted by atomic mass is 10.1. The van der Waals surface area contributed by atoms with Crippen LogP contribution in [-0.2, 0) is 9.53 Å². The number of urea groups is 1. The predicted octanol–water partition coefficient (Wildman–Crippen LogP) is 2.07. The number of nitrogens with zero attached hydrogens (tertiary/aromatic N) is 1. The zero-order valence-corrected chi connectivity index (χ0v) is 13.1. The van der Waals surface area contributed by atoms with Crippen molar-refractivity contribution >= 4 is 17.6 Å². The van der Waals surface area contributed by atoms with Crippen molar-refractivity contribution in [2.45, 2.75) is 6.10 Å². The van der Waals surface area contributed by atoms with Gasteiger partial charge in [-0.2, -0.15) is 0 Å². The Kier molecular flexibility index (Phi) is 4.77. The molecule has 24 heavy (non-hydrogen) atoms. The first kappa shape index (κ1) is 16.0. The Bertz CT molecular complexity index is 716. The minimum atomic E-state index is -0.745.